The van der Waals surface area contributed by atoms with Crippen LogP contribution in [0, 0.1) is 0 Å². The van der Waals surface area contributed by atoms with Gasteiger partial charge in [-0.25, -0.2) is 0 Å². The van der Waals surface area contributed by atoms with E-state index in [9.17, 15) is 0 Å². The highest BCUT2D eigenvalue weighted by atomic mass is 31.1. The summed E-state index contributed by atoms with van der Waals surface area (Å²) in [5.74, 6) is 0. The second kappa shape index (κ2) is 5.16. The lowest BCUT2D eigenvalue weighted by Gasteiger charge is -2.14. The molecule has 0 fully saturated rings. The first kappa shape index (κ1) is 9.35. The first-order chi connectivity index (χ1) is 4.20. The maximum atomic E-state index is 5.73. The van der Waals surface area contributed by atoms with Gasteiger partial charge >= 0.3 is 0 Å². The second-order valence-electron chi connectivity index (χ2n) is 2.27. The first-order valence-corrected chi connectivity index (χ1v) is 5.32. The molecule has 0 heterocycles. The van der Waals surface area contributed by atoms with E-state index in [1.54, 1.807) is 0 Å². The van der Waals surface area contributed by atoms with Crippen molar-refractivity contribution < 1.29 is 0 Å². The molecule has 0 aromatic heterocycles. The van der Waals surface area contributed by atoms with Gasteiger partial charge in [-0.15, -0.1) is 0 Å². The fourth-order valence-electron chi connectivity index (χ4n) is 0.572. The van der Waals surface area contributed by atoms with Crippen LogP contribution in [0.4, 0.5) is 0 Å². The fourth-order valence-corrected chi connectivity index (χ4v) is 1.72. The second-order valence-corrected chi connectivity index (χ2v) is 4.48. The lowest BCUT2D eigenvalue weighted by molar-refractivity contribution is 0.719. The normalized spacial score (nSPS) is 17.3. The summed E-state index contributed by atoms with van der Waals surface area (Å²) < 4.78 is 0. The number of nitrogens with two attached hydrogens (primary N) is 1. The van der Waals surface area contributed by atoms with E-state index in [4.69, 9.17) is 5.73 Å². The first-order valence-electron chi connectivity index (χ1n) is 3.34. The van der Waals surface area contributed by atoms with Gasteiger partial charge < -0.3 is 5.73 Å². The zero-order valence-corrected chi connectivity index (χ0v) is 7.41. The predicted molar refractivity (Wildman–Crippen MR) is 45.0 cm³/mol. The number of hydrogen-bond acceptors (Lipinski definition) is 2. The van der Waals surface area contributed by atoms with E-state index in [-0.39, 0.29) is 8.07 Å². The van der Waals surface area contributed by atoms with Gasteiger partial charge in [0.05, 0.1) is 0 Å². The molecule has 2 atom stereocenters. The van der Waals surface area contributed by atoms with Crippen molar-refractivity contribution in [1.29, 1.82) is 0 Å². The molecule has 0 spiro atoms. The van der Waals surface area contributed by atoms with Crippen LogP contribution in [0.2, 0.25) is 0 Å². The Bertz CT molecular complexity index is 60.1. The van der Waals surface area contributed by atoms with Gasteiger partial charge in [-0.1, -0.05) is 6.92 Å². The van der Waals surface area contributed by atoms with Crippen LogP contribution in [0.1, 0.15) is 13.3 Å². The van der Waals surface area contributed by atoms with Gasteiger partial charge in [-0.2, -0.15) is 0 Å². The molecule has 1 unspecified atom stereocenters. The van der Waals surface area contributed by atoms with E-state index < -0.39 is 0 Å². The van der Waals surface area contributed by atoms with Crippen molar-refractivity contribution >= 4 is 8.07 Å². The average molecular weight is 148 g/mol. The van der Waals surface area contributed by atoms with Crippen molar-refractivity contribution in [3.8, 4) is 0 Å². The Labute approximate surface area is 59.0 Å². The van der Waals surface area contributed by atoms with Crippen LogP contribution in [-0.2, 0) is 0 Å². The summed E-state index contributed by atoms with van der Waals surface area (Å²) in [6.45, 7) is 4.34. The number of hydrogen-bond donors (Lipinski definition) is 2. The van der Waals surface area contributed by atoms with E-state index in [2.05, 4.69) is 18.7 Å². The van der Waals surface area contributed by atoms with Crippen LogP contribution in [0.25, 0.3) is 0 Å². The Kier molecular flexibility index (Phi) is 5.36. The third-order valence-corrected chi connectivity index (χ3v) is 3.19. The average Bonchev–Trinajstić information content (AvgIpc) is 1.87. The molecule has 56 valence electrons. The molecule has 2 nitrogen and oxygen atoms in total. The highest BCUT2D eigenvalue weighted by Gasteiger charge is 2.02. The van der Waals surface area contributed by atoms with Crippen molar-refractivity contribution in [2.45, 2.75) is 19.4 Å². The van der Waals surface area contributed by atoms with Crippen LogP contribution >= 0.6 is 8.07 Å². The Morgan fingerprint density at radius 3 is 2.56 bits per heavy atom. The Balaban J connectivity index is 3.22. The number of rotatable bonds is 4. The minimum Gasteiger partial charge on any atom is -0.327 e. The Morgan fingerprint density at radius 2 is 2.22 bits per heavy atom. The zero-order chi connectivity index (χ0) is 7.28. The van der Waals surface area contributed by atoms with Crippen LogP contribution in [-0.4, -0.2) is 25.9 Å². The van der Waals surface area contributed by atoms with Crippen LogP contribution in [0.15, 0.2) is 0 Å². The largest absolute Gasteiger partial charge is 0.327 e. The summed E-state index contributed by atoms with van der Waals surface area (Å²) >= 11 is 0. The standard InChI is InChI=1S/C6H17N2P/c1-4-6(7)5-9(3)8-2/h6,8H,4-5,7H2,1-3H3/t6-,9?/m0/s1. The minimum atomic E-state index is 0.00141. The minimum absolute atomic E-state index is 0.00141. The highest BCUT2D eigenvalue weighted by molar-refractivity contribution is 7.54. The summed E-state index contributed by atoms with van der Waals surface area (Å²) in [7, 11) is 2.00. The number of nitrogens with one attached hydrogen (secondary N) is 1. The van der Waals surface area contributed by atoms with Gasteiger partial charge in [0.15, 0.2) is 0 Å². The van der Waals surface area contributed by atoms with Crippen LogP contribution < -0.4 is 10.8 Å². The molecule has 0 aliphatic rings. The smallest absolute Gasteiger partial charge is 0.00873 e. The van der Waals surface area contributed by atoms with Gasteiger partial charge in [0.1, 0.15) is 0 Å². The SMILES string of the molecule is CC[C@H](N)CP(C)NC. The maximum absolute atomic E-state index is 5.73. The third-order valence-electron chi connectivity index (χ3n) is 1.41. The van der Waals surface area contributed by atoms with E-state index in [0.29, 0.717) is 6.04 Å². The van der Waals surface area contributed by atoms with Crippen molar-refractivity contribution in [3.05, 3.63) is 0 Å². The molecule has 0 saturated carbocycles. The molecule has 3 heteroatoms. The van der Waals surface area contributed by atoms with Gasteiger partial charge in [-0.05, 0) is 34.4 Å². The fraction of sp³-hybridized carbons (Fsp3) is 1.00. The molecule has 0 aliphatic heterocycles. The van der Waals surface area contributed by atoms with E-state index in [1.165, 1.54) is 0 Å². The molecule has 0 rings (SSSR count). The van der Waals surface area contributed by atoms with Crippen molar-refractivity contribution in [1.82, 2.24) is 5.09 Å². The van der Waals surface area contributed by atoms with Crippen LogP contribution in [0.5, 0.6) is 0 Å². The Morgan fingerprint density at radius 1 is 1.67 bits per heavy atom. The van der Waals surface area contributed by atoms with Gasteiger partial charge in [0, 0.05) is 6.04 Å². The summed E-state index contributed by atoms with van der Waals surface area (Å²) in [4.78, 5) is 0. The molecule has 3 N–H and O–H groups in total. The molecular weight excluding hydrogens is 131 g/mol. The summed E-state index contributed by atoms with van der Waals surface area (Å²) in [6, 6.07) is 0.397. The molecule has 0 saturated heterocycles. The third kappa shape index (κ3) is 4.83. The molecule has 0 radical (unpaired) electrons. The van der Waals surface area contributed by atoms with Crippen molar-refractivity contribution in [2.75, 3.05) is 19.9 Å². The van der Waals surface area contributed by atoms with Crippen molar-refractivity contribution in [2.24, 2.45) is 5.73 Å². The summed E-state index contributed by atoms with van der Waals surface area (Å²) in [5.41, 5.74) is 5.73. The monoisotopic (exact) mass is 148 g/mol. The van der Waals surface area contributed by atoms with Crippen LogP contribution in [0.3, 0.4) is 0 Å². The Hall–Kier alpha value is 0.350. The van der Waals surface area contributed by atoms with Gasteiger partial charge in [0.25, 0.3) is 0 Å². The molecule has 0 bridgehead atoms. The topological polar surface area (TPSA) is 38.0 Å². The zero-order valence-electron chi connectivity index (χ0n) is 6.52. The van der Waals surface area contributed by atoms with E-state index in [0.717, 1.165) is 12.6 Å². The predicted octanol–water partition coefficient (Wildman–Crippen LogP) is 0.970. The molecular formula is C6H17N2P. The quantitative estimate of drug-likeness (QED) is 0.583. The van der Waals surface area contributed by atoms with E-state index >= 15 is 0 Å². The molecule has 0 aromatic carbocycles. The van der Waals surface area contributed by atoms with Crippen molar-refractivity contribution in [3.63, 3.8) is 0 Å². The lowest BCUT2D eigenvalue weighted by Crippen LogP contribution is -2.24. The van der Waals surface area contributed by atoms with E-state index in [1.807, 2.05) is 7.05 Å². The molecule has 9 heavy (non-hydrogen) atoms. The van der Waals surface area contributed by atoms with Gasteiger partial charge in [-0.3, -0.25) is 5.09 Å². The highest BCUT2D eigenvalue weighted by Crippen LogP contribution is 2.23. The summed E-state index contributed by atoms with van der Waals surface area (Å²) in [5, 5.41) is 3.21. The van der Waals surface area contributed by atoms with Gasteiger partial charge in [0.2, 0.25) is 0 Å². The molecule has 0 amide bonds. The maximum Gasteiger partial charge on any atom is 0.00873 e. The molecule has 0 aromatic rings. The molecule has 0 aliphatic carbocycles. The lowest BCUT2D eigenvalue weighted by atomic mass is 10.3. The summed E-state index contributed by atoms with van der Waals surface area (Å²) in [6.07, 6.45) is 2.23.